The molecule has 0 saturated carbocycles. The van der Waals surface area contributed by atoms with Crippen molar-refractivity contribution in [2.24, 2.45) is 0 Å². The van der Waals surface area contributed by atoms with Crippen LogP contribution in [0.25, 0.3) is 11.7 Å². The van der Waals surface area contributed by atoms with Crippen molar-refractivity contribution in [1.29, 1.82) is 0 Å². The van der Waals surface area contributed by atoms with Crippen molar-refractivity contribution >= 4 is 11.7 Å². The van der Waals surface area contributed by atoms with E-state index in [4.69, 9.17) is 0 Å². The van der Waals surface area contributed by atoms with E-state index < -0.39 is 0 Å². The molecule has 0 saturated heterocycles. The van der Waals surface area contributed by atoms with Gasteiger partial charge in [-0.2, -0.15) is 0 Å². The first-order valence-corrected chi connectivity index (χ1v) is 5.99. The van der Waals surface area contributed by atoms with E-state index in [0.29, 0.717) is 6.04 Å². The molecule has 3 nitrogen and oxygen atoms in total. The summed E-state index contributed by atoms with van der Waals surface area (Å²) < 4.78 is 2.04. The molecule has 3 heteroatoms. The van der Waals surface area contributed by atoms with Crippen LogP contribution in [-0.4, -0.2) is 22.0 Å². The van der Waals surface area contributed by atoms with Gasteiger partial charge in [-0.1, -0.05) is 25.5 Å². The van der Waals surface area contributed by atoms with Gasteiger partial charge in [0.2, 0.25) is 0 Å². The maximum Gasteiger partial charge on any atom is 0.137 e. The van der Waals surface area contributed by atoms with Crippen LogP contribution in [0.15, 0.2) is 36.2 Å². The molecule has 0 bridgehead atoms. The molecule has 0 amide bonds. The second-order valence-electron chi connectivity index (χ2n) is 4.66. The van der Waals surface area contributed by atoms with Crippen molar-refractivity contribution in [1.82, 2.24) is 14.7 Å². The minimum absolute atomic E-state index is 0.513. The van der Waals surface area contributed by atoms with Crippen LogP contribution in [0.3, 0.4) is 0 Å². The van der Waals surface area contributed by atoms with Gasteiger partial charge in [0.05, 0.1) is 5.69 Å². The molecule has 90 valence electrons. The lowest BCUT2D eigenvalue weighted by Crippen LogP contribution is -2.24. The number of nitrogens with one attached hydrogen (secondary N) is 1. The molecule has 0 aliphatic carbocycles. The lowest BCUT2D eigenvalue weighted by atomic mass is 10.2. The number of hydrogen-bond donors (Lipinski definition) is 1. The Bertz CT molecular complexity index is 490. The molecule has 17 heavy (non-hydrogen) atoms. The fourth-order valence-electron chi connectivity index (χ4n) is 1.69. The monoisotopic (exact) mass is 229 g/mol. The molecular weight excluding hydrogens is 210 g/mol. The zero-order valence-electron chi connectivity index (χ0n) is 10.6. The third kappa shape index (κ3) is 3.17. The van der Waals surface area contributed by atoms with Gasteiger partial charge >= 0.3 is 0 Å². The highest BCUT2D eigenvalue weighted by Gasteiger charge is 1.99. The fraction of sp³-hybridized carbons (Fsp3) is 0.357. The minimum atomic E-state index is 0.513. The summed E-state index contributed by atoms with van der Waals surface area (Å²) in [6, 6.07) is 6.54. The SMILES string of the molecule is CC(=Cc1cn2ccccc2n1)CNC(C)C. The zero-order valence-corrected chi connectivity index (χ0v) is 10.6. The Morgan fingerprint density at radius 3 is 3.00 bits per heavy atom. The van der Waals surface area contributed by atoms with Gasteiger partial charge in [0.15, 0.2) is 0 Å². The average molecular weight is 229 g/mol. The molecule has 2 aromatic heterocycles. The Hall–Kier alpha value is -1.61. The maximum atomic E-state index is 4.54. The summed E-state index contributed by atoms with van der Waals surface area (Å²) in [5.74, 6) is 0. The van der Waals surface area contributed by atoms with Gasteiger partial charge in [0.25, 0.3) is 0 Å². The first kappa shape index (κ1) is 11.9. The Kier molecular flexibility index (Phi) is 3.59. The number of nitrogens with zero attached hydrogens (tertiary/aromatic N) is 2. The third-order valence-electron chi connectivity index (χ3n) is 2.57. The lowest BCUT2D eigenvalue weighted by molar-refractivity contribution is 0.622. The van der Waals surface area contributed by atoms with Gasteiger partial charge in [-0.05, 0) is 25.1 Å². The molecule has 0 radical (unpaired) electrons. The highest BCUT2D eigenvalue weighted by atomic mass is 15.0. The Morgan fingerprint density at radius 1 is 1.47 bits per heavy atom. The van der Waals surface area contributed by atoms with Crippen LogP contribution in [0.2, 0.25) is 0 Å². The smallest absolute Gasteiger partial charge is 0.137 e. The molecule has 2 heterocycles. The van der Waals surface area contributed by atoms with Crippen LogP contribution < -0.4 is 5.32 Å². The summed E-state index contributed by atoms with van der Waals surface area (Å²) >= 11 is 0. The van der Waals surface area contributed by atoms with Gasteiger partial charge < -0.3 is 9.72 Å². The van der Waals surface area contributed by atoms with Gasteiger partial charge in [0.1, 0.15) is 5.65 Å². The van der Waals surface area contributed by atoms with Crippen molar-refractivity contribution in [3.8, 4) is 0 Å². The van der Waals surface area contributed by atoms with Gasteiger partial charge in [-0.3, -0.25) is 0 Å². The first-order chi connectivity index (χ1) is 8.15. The molecule has 0 aliphatic rings. The molecule has 0 unspecified atom stereocenters. The van der Waals surface area contributed by atoms with E-state index in [1.165, 1.54) is 5.57 Å². The molecule has 0 aromatic carbocycles. The minimum Gasteiger partial charge on any atom is -0.311 e. The molecule has 2 aromatic rings. The summed E-state index contributed by atoms with van der Waals surface area (Å²) in [4.78, 5) is 4.54. The molecule has 0 fully saturated rings. The second kappa shape index (κ2) is 5.15. The van der Waals surface area contributed by atoms with Gasteiger partial charge in [-0.15, -0.1) is 0 Å². The standard InChI is InChI=1S/C14H19N3/c1-11(2)15-9-12(3)8-13-10-17-7-5-4-6-14(17)16-13/h4-8,10-11,15H,9H2,1-3H3. The van der Waals surface area contributed by atoms with Gasteiger partial charge in [-0.25, -0.2) is 4.98 Å². The van der Waals surface area contributed by atoms with Crippen LogP contribution >= 0.6 is 0 Å². The highest BCUT2D eigenvalue weighted by molar-refractivity contribution is 5.53. The molecule has 2 rings (SSSR count). The van der Waals surface area contributed by atoms with E-state index in [2.05, 4.69) is 37.1 Å². The Morgan fingerprint density at radius 2 is 2.29 bits per heavy atom. The van der Waals surface area contributed by atoms with Gasteiger partial charge in [0, 0.05) is 25.0 Å². The van der Waals surface area contributed by atoms with Crippen LogP contribution in [0.1, 0.15) is 26.5 Å². The van der Waals surface area contributed by atoms with Crippen LogP contribution in [0.4, 0.5) is 0 Å². The van der Waals surface area contributed by atoms with Crippen molar-refractivity contribution in [3.05, 3.63) is 41.9 Å². The number of fused-ring (bicyclic) bond motifs is 1. The molecule has 0 spiro atoms. The third-order valence-corrected chi connectivity index (χ3v) is 2.57. The number of rotatable bonds is 4. The molecule has 1 N–H and O–H groups in total. The Labute approximate surface area is 102 Å². The van der Waals surface area contributed by atoms with Crippen LogP contribution in [0, 0.1) is 0 Å². The van der Waals surface area contributed by atoms with Crippen LogP contribution in [-0.2, 0) is 0 Å². The fourth-order valence-corrected chi connectivity index (χ4v) is 1.69. The quantitative estimate of drug-likeness (QED) is 0.873. The first-order valence-electron chi connectivity index (χ1n) is 5.99. The highest BCUT2D eigenvalue weighted by Crippen LogP contribution is 2.08. The van der Waals surface area contributed by atoms with E-state index >= 15 is 0 Å². The summed E-state index contributed by atoms with van der Waals surface area (Å²) in [6.45, 7) is 7.33. The largest absolute Gasteiger partial charge is 0.311 e. The normalized spacial score (nSPS) is 12.6. The lowest BCUT2D eigenvalue weighted by Gasteiger charge is -2.07. The van der Waals surface area contributed by atoms with E-state index in [-0.39, 0.29) is 0 Å². The van der Waals surface area contributed by atoms with E-state index in [9.17, 15) is 0 Å². The predicted molar refractivity (Wildman–Crippen MR) is 72.0 cm³/mol. The second-order valence-corrected chi connectivity index (χ2v) is 4.66. The summed E-state index contributed by atoms with van der Waals surface area (Å²) in [5, 5.41) is 3.40. The molecule has 0 aliphatic heterocycles. The van der Waals surface area contributed by atoms with Crippen molar-refractivity contribution in [3.63, 3.8) is 0 Å². The number of imidazole rings is 1. The number of pyridine rings is 1. The summed E-state index contributed by atoms with van der Waals surface area (Å²) in [5.41, 5.74) is 3.30. The van der Waals surface area contributed by atoms with Crippen molar-refractivity contribution < 1.29 is 0 Å². The molecule has 0 atom stereocenters. The Balaban J connectivity index is 2.14. The number of aromatic nitrogens is 2. The summed E-state index contributed by atoms with van der Waals surface area (Å²) in [7, 11) is 0. The van der Waals surface area contributed by atoms with Crippen molar-refractivity contribution in [2.75, 3.05) is 6.54 Å². The maximum absolute atomic E-state index is 4.54. The molecular formula is C14H19N3. The zero-order chi connectivity index (χ0) is 12.3. The van der Waals surface area contributed by atoms with Crippen molar-refractivity contribution in [2.45, 2.75) is 26.8 Å². The topological polar surface area (TPSA) is 29.3 Å². The van der Waals surface area contributed by atoms with E-state index in [0.717, 1.165) is 17.9 Å². The number of hydrogen-bond acceptors (Lipinski definition) is 2. The summed E-state index contributed by atoms with van der Waals surface area (Å²) in [6.07, 6.45) is 6.19. The average Bonchev–Trinajstić information content (AvgIpc) is 2.68. The predicted octanol–water partition coefficient (Wildman–Crippen LogP) is 2.74. The van der Waals surface area contributed by atoms with E-state index in [1.54, 1.807) is 0 Å². The van der Waals surface area contributed by atoms with E-state index in [1.807, 2.05) is 35.0 Å². The van der Waals surface area contributed by atoms with Crippen LogP contribution in [0.5, 0.6) is 0 Å².